The molecule has 0 aliphatic carbocycles. The van der Waals surface area contributed by atoms with Gasteiger partial charge in [-0.3, -0.25) is 4.98 Å². The lowest BCUT2D eigenvalue weighted by Crippen LogP contribution is -1.92. The number of fused-ring (bicyclic) bond motifs is 1. The summed E-state index contributed by atoms with van der Waals surface area (Å²) in [6, 6.07) is 21.0. The predicted octanol–water partition coefficient (Wildman–Crippen LogP) is 4.46. The molecule has 2 aromatic carbocycles. The van der Waals surface area contributed by atoms with Crippen LogP contribution >= 0.6 is 0 Å². The van der Waals surface area contributed by atoms with Gasteiger partial charge in [-0.05, 0) is 17.9 Å². The van der Waals surface area contributed by atoms with Gasteiger partial charge in [-0.2, -0.15) is 0 Å². The van der Waals surface area contributed by atoms with Crippen molar-refractivity contribution in [1.82, 2.24) is 4.98 Å². The van der Waals surface area contributed by atoms with E-state index in [0.29, 0.717) is 0 Å². The normalized spacial score (nSPS) is 10.7. The Morgan fingerprint density at radius 3 is 2.39 bits per heavy atom. The summed E-state index contributed by atoms with van der Waals surface area (Å²) in [5.74, 6) is 0. The number of aromatic nitrogens is 1. The Morgan fingerprint density at radius 2 is 1.61 bits per heavy atom. The Balaban J connectivity index is 2.33. The number of aryl methyl sites for hydroxylation is 1. The standard InChI is InChI=1S/C17H15N/c1-2-15-12-14-10-6-7-11-16(14)17(18-15)13-8-4-3-5-9-13/h3-12H,2H2,1H3. The molecule has 18 heavy (non-hydrogen) atoms. The van der Waals surface area contributed by atoms with Gasteiger partial charge in [0.2, 0.25) is 0 Å². The van der Waals surface area contributed by atoms with Crippen LogP contribution in [0.3, 0.4) is 0 Å². The predicted molar refractivity (Wildman–Crippen MR) is 76.6 cm³/mol. The lowest BCUT2D eigenvalue weighted by molar-refractivity contribution is 1.05. The second-order valence-corrected chi connectivity index (χ2v) is 4.40. The number of pyridine rings is 1. The van der Waals surface area contributed by atoms with Crippen LogP contribution in [0.5, 0.6) is 0 Å². The molecule has 0 aliphatic rings. The first-order valence-corrected chi connectivity index (χ1v) is 6.32. The number of rotatable bonds is 2. The molecule has 0 unspecified atom stereocenters. The zero-order chi connectivity index (χ0) is 12.4. The zero-order valence-corrected chi connectivity index (χ0v) is 10.4. The molecule has 0 amide bonds. The molecule has 0 saturated heterocycles. The third-order valence-corrected chi connectivity index (χ3v) is 3.20. The summed E-state index contributed by atoms with van der Waals surface area (Å²) in [7, 11) is 0. The summed E-state index contributed by atoms with van der Waals surface area (Å²) in [5, 5.41) is 2.49. The van der Waals surface area contributed by atoms with Gasteiger partial charge in [-0.1, -0.05) is 61.5 Å². The quantitative estimate of drug-likeness (QED) is 0.636. The number of hydrogen-bond donors (Lipinski definition) is 0. The molecule has 0 saturated carbocycles. The van der Waals surface area contributed by atoms with Gasteiger partial charge in [0.25, 0.3) is 0 Å². The minimum atomic E-state index is 0.963. The number of hydrogen-bond acceptors (Lipinski definition) is 1. The highest BCUT2D eigenvalue weighted by molar-refractivity contribution is 5.94. The van der Waals surface area contributed by atoms with Crippen molar-refractivity contribution in [2.45, 2.75) is 13.3 Å². The second kappa shape index (κ2) is 4.61. The first-order valence-electron chi connectivity index (χ1n) is 6.32. The molecule has 0 spiro atoms. The molecule has 3 rings (SSSR count). The first kappa shape index (κ1) is 11.0. The maximum Gasteiger partial charge on any atom is 0.0783 e. The molecule has 3 aromatic rings. The Bertz CT molecular complexity index is 672. The molecular weight excluding hydrogens is 218 g/mol. The van der Waals surface area contributed by atoms with E-state index in [0.717, 1.165) is 17.8 Å². The van der Waals surface area contributed by atoms with Crippen molar-refractivity contribution in [3.8, 4) is 11.3 Å². The van der Waals surface area contributed by atoms with Crippen molar-refractivity contribution in [3.63, 3.8) is 0 Å². The topological polar surface area (TPSA) is 12.9 Å². The van der Waals surface area contributed by atoms with Crippen molar-refractivity contribution in [2.24, 2.45) is 0 Å². The lowest BCUT2D eigenvalue weighted by atomic mass is 10.0. The Hall–Kier alpha value is -2.15. The fourth-order valence-electron chi connectivity index (χ4n) is 2.25. The van der Waals surface area contributed by atoms with E-state index in [-0.39, 0.29) is 0 Å². The van der Waals surface area contributed by atoms with Gasteiger partial charge in [0.05, 0.1) is 5.69 Å². The molecule has 0 atom stereocenters. The summed E-state index contributed by atoms with van der Waals surface area (Å²) >= 11 is 0. The fourth-order valence-corrected chi connectivity index (χ4v) is 2.25. The highest BCUT2D eigenvalue weighted by Gasteiger charge is 2.06. The van der Waals surface area contributed by atoms with Gasteiger partial charge in [-0.15, -0.1) is 0 Å². The second-order valence-electron chi connectivity index (χ2n) is 4.40. The van der Waals surface area contributed by atoms with E-state index in [1.165, 1.54) is 16.3 Å². The SMILES string of the molecule is CCc1cc2ccccc2c(-c2ccccc2)n1. The van der Waals surface area contributed by atoms with Crippen LogP contribution in [0.15, 0.2) is 60.7 Å². The molecule has 0 bridgehead atoms. The lowest BCUT2D eigenvalue weighted by Gasteiger charge is -2.08. The van der Waals surface area contributed by atoms with E-state index in [2.05, 4.69) is 61.5 Å². The minimum absolute atomic E-state index is 0.963. The van der Waals surface area contributed by atoms with E-state index < -0.39 is 0 Å². The maximum absolute atomic E-state index is 4.79. The Kier molecular flexibility index (Phi) is 2.81. The van der Waals surface area contributed by atoms with Crippen LogP contribution in [0.25, 0.3) is 22.0 Å². The van der Waals surface area contributed by atoms with Crippen molar-refractivity contribution < 1.29 is 0 Å². The van der Waals surface area contributed by atoms with E-state index >= 15 is 0 Å². The molecule has 0 N–H and O–H groups in total. The largest absolute Gasteiger partial charge is 0.252 e. The van der Waals surface area contributed by atoms with Gasteiger partial charge in [0, 0.05) is 16.6 Å². The Labute approximate surface area is 107 Å². The van der Waals surface area contributed by atoms with Crippen LogP contribution in [0, 0.1) is 0 Å². The third kappa shape index (κ3) is 1.88. The van der Waals surface area contributed by atoms with Crippen LogP contribution in [0.4, 0.5) is 0 Å². The molecule has 1 heterocycles. The van der Waals surface area contributed by atoms with Gasteiger partial charge >= 0.3 is 0 Å². The van der Waals surface area contributed by atoms with E-state index in [1.54, 1.807) is 0 Å². The molecule has 0 aliphatic heterocycles. The van der Waals surface area contributed by atoms with E-state index in [1.807, 2.05) is 6.07 Å². The van der Waals surface area contributed by atoms with Crippen molar-refractivity contribution in [1.29, 1.82) is 0 Å². The zero-order valence-electron chi connectivity index (χ0n) is 10.4. The summed E-state index contributed by atoms with van der Waals surface area (Å²) in [6.07, 6.45) is 0.963. The van der Waals surface area contributed by atoms with E-state index in [9.17, 15) is 0 Å². The third-order valence-electron chi connectivity index (χ3n) is 3.20. The summed E-state index contributed by atoms with van der Waals surface area (Å²) in [6.45, 7) is 2.14. The average molecular weight is 233 g/mol. The van der Waals surface area contributed by atoms with Crippen molar-refractivity contribution in [3.05, 3.63) is 66.4 Å². The van der Waals surface area contributed by atoms with Crippen molar-refractivity contribution in [2.75, 3.05) is 0 Å². The molecule has 0 fully saturated rings. The molecular formula is C17H15N. The first-order chi connectivity index (χ1) is 8.88. The van der Waals surface area contributed by atoms with Crippen LogP contribution in [-0.2, 0) is 6.42 Å². The highest BCUT2D eigenvalue weighted by Crippen LogP contribution is 2.27. The van der Waals surface area contributed by atoms with Gasteiger partial charge in [0.15, 0.2) is 0 Å². The monoisotopic (exact) mass is 233 g/mol. The van der Waals surface area contributed by atoms with Gasteiger partial charge in [-0.25, -0.2) is 0 Å². The summed E-state index contributed by atoms with van der Waals surface area (Å²) < 4.78 is 0. The fraction of sp³-hybridized carbons (Fsp3) is 0.118. The molecule has 0 radical (unpaired) electrons. The average Bonchev–Trinajstić information content (AvgIpc) is 2.47. The smallest absolute Gasteiger partial charge is 0.0783 e. The van der Waals surface area contributed by atoms with Gasteiger partial charge in [0.1, 0.15) is 0 Å². The maximum atomic E-state index is 4.79. The van der Waals surface area contributed by atoms with Crippen LogP contribution in [0.1, 0.15) is 12.6 Å². The number of nitrogens with zero attached hydrogens (tertiary/aromatic N) is 1. The summed E-state index contributed by atoms with van der Waals surface area (Å²) in [5.41, 5.74) is 3.42. The van der Waals surface area contributed by atoms with Crippen LogP contribution in [-0.4, -0.2) is 4.98 Å². The molecule has 1 heteroatoms. The minimum Gasteiger partial charge on any atom is -0.252 e. The van der Waals surface area contributed by atoms with Gasteiger partial charge < -0.3 is 0 Å². The van der Waals surface area contributed by atoms with Crippen LogP contribution in [0.2, 0.25) is 0 Å². The molecule has 1 nitrogen and oxygen atoms in total. The summed E-state index contributed by atoms with van der Waals surface area (Å²) in [4.78, 5) is 4.79. The highest BCUT2D eigenvalue weighted by atomic mass is 14.7. The molecule has 1 aromatic heterocycles. The Morgan fingerprint density at radius 1 is 0.889 bits per heavy atom. The molecule has 88 valence electrons. The van der Waals surface area contributed by atoms with E-state index in [4.69, 9.17) is 4.98 Å². The van der Waals surface area contributed by atoms with Crippen molar-refractivity contribution >= 4 is 10.8 Å². The van der Waals surface area contributed by atoms with Crippen LogP contribution < -0.4 is 0 Å². The number of benzene rings is 2.